The molecule has 2 heterocycles. The Labute approximate surface area is 167 Å². The number of hydrogen-bond donors (Lipinski definition) is 2. The van der Waals surface area contributed by atoms with E-state index in [0.717, 1.165) is 62.7 Å². The number of hydrogen-bond acceptors (Lipinski definition) is 3. The molecule has 1 aromatic heterocycles. The first-order valence-electron chi connectivity index (χ1n) is 10.2. The number of nitrogens with zero attached hydrogens (tertiary/aromatic N) is 4. The van der Waals surface area contributed by atoms with Crippen LogP contribution in [0.25, 0.3) is 11.0 Å². The van der Waals surface area contributed by atoms with Crippen LogP contribution in [-0.4, -0.2) is 60.0 Å². The number of para-hydroxylation sites is 2. The van der Waals surface area contributed by atoms with E-state index in [1.165, 1.54) is 5.52 Å². The van der Waals surface area contributed by atoms with Crippen LogP contribution >= 0.6 is 0 Å². The fraction of sp³-hybridized carbons (Fsp3) is 0.571. The Morgan fingerprint density at radius 3 is 2.75 bits per heavy atom. The summed E-state index contributed by atoms with van der Waals surface area (Å²) in [5.41, 5.74) is 2.26. The second-order valence-electron chi connectivity index (χ2n) is 7.43. The molecule has 1 aromatic carbocycles. The number of aliphatic imine (C=N–C) groups is 1. The Bertz CT molecular complexity index is 819. The fourth-order valence-corrected chi connectivity index (χ4v) is 3.96. The number of piperidine rings is 1. The van der Waals surface area contributed by atoms with Crippen molar-refractivity contribution in [2.45, 2.75) is 39.2 Å². The second kappa shape index (κ2) is 9.57. The van der Waals surface area contributed by atoms with E-state index in [2.05, 4.69) is 55.2 Å². The molecule has 2 N–H and O–H groups in total. The number of aromatic nitrogens is 2. The fourth-order valence-electron chi connectivity index (χ4n) is 3.96. The van der Waals surface area contributed by atoms with Gasteiger partial charge in [-0.25, -0.2) is 4.98 Å². The number of rotatable bonds is 6. The van der Waals surface area contributed by atoms with Crippen molar-refractivity contribution in [1.82, 2.24) is 25.1 Å². The molecule has 0 saturated carbocycles. The molecule has 0 bridgehead atoms. The Kier molecular flexibility index (Phi) is 6.90. The van der Waals surface area contributed by atoms with Crippen molar-refractivity contribution in [2.24, 2.45) is 10.9 Å². The van der Waals surface area contributed by atoms with Crippen molar-refractivity contribution in [1.29, 1.82) is 0 Å². The Balaban J connectivity index is 1.45. The van der Waals surface area contributed by atoms with E-state index in [0.29, 0.717) is 12.3 Å². The number of amides is 1. The van der Waals surface area contributed by atoms with Crippen molar-refractivity contribution in [3.8, 4) is 0 Å². The van der Waals surface area contributed by atoms with Crippen LogP contribution in [0.4, 0.5) is 0 Å². The van der Waals surface area contributed by atoms with Gasteiger partial charge in [0, 0.05) is 46.7 Å². The van der Waals surface area contributed by atoms with Gasteiger partial charge in [0.2, 0.25) is 5.91 Å². The van der Waals surface area contributed by atoms with Crippen molar-refractivity contribution >= 4 is 22.9 Å². The lowest BCUT2D eigenvalue weighted by atomic mass is 9.93. The maximum atomic E-state index is 11.6. The zero-order chi connectivity index (χ0) is 19.9. The molecule has 0 aliphatic carbocycles. The van der Waals surface area contributed by atoms with Gasteiger partial charge in [-0.15, -0.1) is 0 Å². The zero-order valence-corrected chi connectivity index (χ0v) is 17.2. The summed E-state index contributed by atoms with van der Waals surface area (Å²) in [4.78, 5) is 22.9. The molecule has 0 atom stereocenters. The number of imidazole rings is 1. The average molecular weight is 385 g/mol. The van der Waals surface area contributed by atoms with E-state index in [4.69, 9.17) is 0 Å². The van der Waals surface area contributed by atoms with E-state index >= 15 is 0 Å². The van der Waals surface area contributed by atoms with Gasteiger partial charge < -0.3 is 20.1 Å². The molecule has 152 valence electrons. The van der Waals surface area contributed by atoms with Gasteiger partial charge in [-0.05, 0) is 44.2 Å². The highest BCUT2D eigenvalue weighted by molar-refractivity contribution is 5.80. The highest BCUT2D eigenvalue weighted by Gasteiger charge is 2.22. The maximum absolute atomic E-state index is 11.6. The van der Waals surface area contributed by atoms with E-state index in [1.54, 1.807) is 7.05 Å². The molecule has 1 aliphatic heterocycles. The number of carbonyl (C=O) groups excluding carboxylic acids is 1. The van der Waals surface area contributed by atoms with Crippen molar-refractivity contribution in [3.63, 3.8) is 0 Å². The first-order valence-corrected chi connectivity index (χ1v) is 10.2. The van der Waals surface area contributed by atoms with E-state index < -0.39 is 0 Å². The van der Waals surface area contributed by atoms with Crippen molar-refractivity contribution in [3.05, 3.63) is 30.1 Å². The standard InChI is InChI=1S/C21H32N6O/c1-16-25-18-7-4-5-8-19(18)27(16)12-6-11-24-21(23-3)26-13-9-17(10-14-26)15-20(28)22-2/h4-5,7-8,17H,6,9-15H2,1-3H3,(H,22,28)(H,23,24). The summed E-state index contributed by atoms with van der Waals surface area (Å²) in [7, 11) is 3.55. The highest BCUT2D eigenvalue weighted by Crippen LogP contribution is 2.20. The molecule has 0 spiro atoms. The van der Waals surface area contributed by atoms with Gasteiger partial charge in [-0.1, -0.05) is 12.1 Å². The first kappa shape index (κ1) is 20.2. The number of nitrogens with one attached hydrogen (secondary N) is 2. The van der Waals surface area contributed by atoms with E-state index in [9.17, 15) is 4.79 Å². The predicted molar refractivity (Wildman–Crippen MR) is 113 cm³/mol. The third kappa shape index (κ3) is 4.82. The normalized spacial score (nSPS) is 15.8. The molecular weight excluding hydrogens is 352 g/mol. The lowest BCUT2D eigenvalue weighted by molar-refractivity contribution is -0.121. The van der Waals surface area contributed by atoms with Gasteiger partial charge in [0.05, 0.1) is 11.0 Å². The quantitative estimate of drug-likeness (QED) is 0.455. The van der Waals surface area contributed by atoms with E-state index in [1.807, 2.05) is 13.1 Å². The lowest BCUT2D eigenvalue weighted by Crippen LogP contribution is -2.46. The molecule has 28 heavy (non-hydrogen) atoms. The predicted octanol–water partition coefficient (Wildman–Crippen LogP) is 2.16. The molecule has 7 heteroatoms. The number of fused-ring (bicyclic) bond motifs is 1. The van der Waals surface area contributed by atoms with Crippen LogP contribution in [0.1, 0.15) is 31.5 Å². The number of likely N-dealkylation sites (tertiary alicyclic amines) is 1. The van der Waals surface area contributed by atoms with Gasteiger partial charge in [0.15, 0.2) is 5.96 Å². The smallest absolute Gasteiger partial charge is 0.220 e. The third-order valence-corrected chi connectivity index (χ3v) is 5.57. The molecule has 1 saturated heterocycles. The monoisotopic (exact) mass is 384 g/mol. The lowest BCUT2D eigenvalue weighted by Gasteiger charge is -2.34. The van der Waals surface area contributed by atoms with Crippen LogP contribution in [-0.2, 0) is 11.3 Å². The largest absolute Gasteiger partial charge is 0.359 e. The van der Waals surface area contributed by atoms with E-state index in [-0.39, 0.29) is 5.91 Å². The van der Waals surface area contributed by atoms with Crippen LogP contribution in [0.5, 0.6) is 0 Å². The minimum absolute atomic E-state index is 0.142. The summed E-state index contributed by atoms with van der Waals surface area (Å²) in [6.07, 6.45) is 3.71. The van der Waals surface area contributed by atoms with Crippen LogP contribution in [0.15, 0.2) is 29.3 Å². The van der Waals surface area contributed by atoms with Crippen molar-refractivity contribution < 1.29 is 4.79 Å². The topological polar surface area (TPSA) is 74.5 Å². The molecule has 1 fully saturated rings. The van der Waals surface area contributed by atoms with Gasteiger partial charge in [0.1, 0.15) is 5.82 Å². The summed E-state index contributed by atoms with van der Waals surface area (Å²) in [5, 5.41) is 6.22. The summed E-state index contributed by atoms with van der Waals surface area (Å²) in [6.45, 7) is 5.77. The summed E-state index contributed by atoms with van der Waals surface area (Å²) in [5.74, 6) is 2.64. The number of guanidine groups is 1. The van der Waals surface area contributed by atoms with Gasteiger partial charge in [-0.2, -0.15) is 0 Å². The molecule has 7 nitrogen and oxygen atoms in total. The minimum Gasteiger partial charge on any atom is -0.359 e. The Morgan fingerprint density at radius 1 is 1.29 bits per heavy atom. The Morgan fingerprint density at radius 2 is 2.04 bits per heavy atom. The van der Waals surface area contributed by atoms with Crippen LogP contribution in [0, 0.1) is 12.8 Å². The number of benzene rings is 1. The Hall–Kier alpha value is -2.57. The zero-order valence-electron chi connectivity index (χ0n) is 17.2. The minimum atomic E-state index is 0.142. The highest BCUT2D eigenvalue weighted by atomic mass is 16.1. The summed E-state index contributed by atoms with van der Waals surface area (Å²) < 4.78 is 2.28. The third-order valence-electron chi connectivity index (χ3n) is 5.57. The van der Waals surface area contributed by atoms with Gasteiger partial charge in [0.25, 0.3) is 0 Å². The molecule has 3 rings (SSSR count). The SMILES string of the molecule is CN=C(NCCCn1c(C)nc2ccccc21)N1CCC(CC(=O)NC)CC1. The van der Waals surface area contributed by atoms with Crippen molar-refractivity contribution in [2.75, 3.05) is 33.7 Å². The maximum Gasteiger partial charge on any atom is 0.220 e. The van der Waals surface area contributed by atoms with Crippen LogP contribution in [0.2, 0.25) is 0 Å². The molecule has 2 aromatic rings. The van der Waals surface area contributed by atoms with Gasteiger partial charge >= 0.3 is 0 Å². The molecular formula is C21H32N6O. The van der Waals surface area contributed by atoms with Crippen LogP contribution in [0.3, 0.4) is 0 Å². The average Bonchev–Trinajstić information content (AvgIpc) is 3.04. The van der Waals surface area contributed by atoms with Gasteiger partial charge in [-0.3, -0.25) is 9.79 Å². The number of carbonyl (C=O) groups is 1. The second-order valence-corrected chi connectivity index (χ2v) is 7.43. The first-order chi connectivity index (χ1) is 13.6. The summed E-state index contributed by atoms with van der Waals surface area (Å²) in [6, 6.07) is 8.29. The molecule has 1 aliphatic rings. The molecule has 0 unspecified atom stereocenters. The molecule has 0 radical (unpaired) electrons. The number of aryl methyl sites for hydroxylation is 2. The summed E-state index contributed by atoms with van der Waals surface area (Å²) >= 11 is 0. The molecule has 1 amide bonds. The van der Waals surface area contributed by atoms with Crippen LogP contribution < -0.4 is 10.6 Å².